The summed E-state index contributed by atoms with van der Waals surface area (Å²) in [7, 11) is 0. The predicted octanol–water partition coefficient (Wildman–Crippen LogP) is 2.63. The van der Waals surface area contributed by atoms with Crippen LogP contribution in [0, 0.1) is 0 Å². The van der Waals surface area contributed by atoms with Crippen molar-refractivity contribution in [2.24, 2.45) is 0 Å². The van der Waals surface area contributed by atoms with Gasteiger partial charge in [0.05, 0.1) is 0 Å². The molecule has 0 unspecified atom stereocenters. The van der Waals surface area contributed by atoms with Gasteiger partial charge in [-0.1, -0.05) is 12.1 Å². The average molecular weight is 199 g/mol. The second-order valence-electron chi connectivity index (χ2n) is 2.42. The third-order valence-corrected chi connectivity index (χ3v) is 1.52. The van der Waals surface area contributed by atoms with E-state index in [1.54, 1.807) is 18.2 Å². The van der Waals surface area contributed by atoms with Gasteiger partial charge in [-0.05, 0) is 19.1 Å². The Labute approximate surface area is 80.3 Å². The molecule has 0 saturated heterocycles. The normalized spacial score (nSPS) is 9.38. The molecule has 0 bridgehead atoms. The van der Waals surface area contributed by atoms with E-state index < -0.39 is 5.43 Å². The summed E-state index contributed by atoms with van der Waals surface area (Å²) in [5.74, 6) is 0.181. The summed E-state index contributed by atoms with van der Waals surface area (Å²) in [6.07, 6.45) is 0. The van der Waals surface area contributed by atoms with Crippen molar-refractivity contribution in [1.82, 2.24) is 0 Å². The molecule has 0 aliphatic rings. The number of halogens is 1. The van der Waals surface area contributed by atoms with E-state index >= 15 is 0 Å². The lowest BCUT2D eigenvalue weighted by Crippen LogP contribution is -1.98. The van der Waals surface area contributed by atoms with Crippen molar-refractivity contribution in [3.05, 3.63) is 29.8 Å². The van der Waals surface area contributed by atoms with Crippen molar-refractivity contribution in [3.63, 3.8) is 0 Å². The number of hydrogen-bond donors (Lipinski definition) is 0. The van der Waals surface area contributed by atoms with E-state index in [9.17, 15) is 9.59 Å². The van der Waals surface area contributed by atoms with Gasteiger partial charge in [0.2, 0.25) is 0 Å². The summed E-state index contributed by atoms with van der Waals surface area (Å²) in [5, 5.41) is 0. The number of ether oxygens (including phenoxy) is 1. The Hall–Kier alpha value is -1.35. The van der Waals surface area contributed by atoms with Crippen molar-refractivity contribution in [2.45, 2.75) is 6.92 Å². The zero-order chi connectivity index (χ0) is 9.84. The first kappa shape index (κ1) is 9.74. The molecule has 0 atom stereocenters. The molecule has 0 fully saturated rings. The van der Waals surface area contributed by atoms with E-state index in [0.29, 0.717) is 5.56 Å². The van der Waals surface area contributed by atoms with Crippen LogP contribution in [-0.4, -0.2) is 11.2 Å². The molecule has 0 saturated carbocycles. The van der Waals surface area contributed by atoms with Gasteiger partial charge in [-0.15, -0.1) is 0 Å². The molecule has 0 amide bonds. The minimum atomic E-state index is -0.916. The number of carbonyl (C=O) groups is 2. The van der Waals surface area contributed by atoms with Gasteiger partial charge in [0.25, 0.3) is 0 Å². The van der Waals surface area contributed by atoms with E-state index in [0.717, 1.165) is 0 Å². The molecular weight excluding hydrogens is 192 g/mol. The second kappa shape index (κ2) is 4.05. The fourth-order valence-corrected chi connectivity index (χ4v) is 0.960. The standard InChI is InChI=1S/C9H7ClO3/c1-6(11)7-3-2-4-8(5-7)13-9(10)12/h2-5H,1H3. The molecule has 68 valence electrons. The van der Waals surface area contributed by atoms with Crippen LogP contribution < -0.4 is 4.74 Å². The summed E-state index contributed by atoms with van der Waals surface area (Å²) >= 11 is 5.00. The first-order valence-corrected chi connectivity index (χ1v) is 3.95. The molecule has 0 N–H and O–H groups in total. The molecule has 0 aromatic heterocycles. The lowest BCUT2D eigenvalue weighted by Gasteiger charge is -2.00. The maximum atomic E-state index is 10.9. The summed E-state index contributed by atoms with van der Waals surface area (Å²) in [4.78, 5) is 21.3. The predicted molar refractivity (Wildman–Crippen MR) is 48.3 cm³/mol. The summed E-state index contributed by atoms with van der Waals surface area (Å²) in [6.45, 7) is 1.43. The maximum Gasteiger partial charge on any atom is 0.409 e. The van der Waals surface area contributed by atoms with E-state index in [2.05, 4.69) is 4.74 Å². The fourth-order valence-electron chi connectivity index (χ4n) is 0.871. The minimum absolute atomic E-state index is 0.0903. The molecule has 1 aromatic rings. The van der Waals surface area contributed by atoms with Crippen molar-refractivity contribution < 1.29 is 14.3 Å². The summed E-state index contributed by atoms with van der Waals surface area (Å²) < 4.78 is 4.58. The highest BCUT2D eigenvalue weighted by atomic mass is 35.5. The minimum Gasteiger partial charge on any atom is -0.414 e. The van der Waals surface area contributed by atoms with E-state index in [4.69, 9.17) is 11.6 Å². The molecule has 0 spiro atoms. The van der Waals surface area contributed by atoms with Crippen LogP contribution in [0.1, 0.15) is 17.3 Å². The Kier molecular flexibility index (Phi) is 3.03. The molecule has 1 rings (SSSR count). The van der Waals surface area contributed by atoms with Gasteiger partial charge in [0.15, 0.2) is 5.78 Å². The van der Waals surface area contributed by atoms with E-state index in [1.165, 1.54) is 13.0 Å². The fraction of sp³-hybridized carbons (Fsp3) is 0.111. The van der Waals surface area contributed by atoms with E-state index in [-0.39, 0.29) is 11.5 Å². The molecule has 0 radical (unpaired) electrons. The van der Waals surface area contributed by atoms with Crippen LogP contribution in [-0.2, 0) is 0 Å². The van der Waals surface area contributed by atoms with Crippen LogP contribution in [0.3, 0.4) is 0 Å². The zero-order valence-electron chi connectivity index (χ0n) is 6.91. The highest BCUT2D eigenvalue weighted by Gasteiger charge is 2.03. The lowest BCUT2D eigenvalue weighted by atomic mass is 10.1. The molecule has 0 heterocycles. The molecule has 0 aliphatic heterocycles. The van der Waals surface area contributed by atoms with Crippen LogP contribution in [0.15, 0.2) is 24.3 Å². The highest BCUT2D eigenvalue weighted by molar-refractivity contribution is 6.61. The van der Waals surface area contributed by atoms with Crippen LogP contribution >= 0.6 is 11.6 Å². The lowest BCUT2D eigenvalue weighted by molar-refractivity contribution is 0.101. The van der Waals surface area contributed by atoms with Crippen molar-refractivity contribution in [2.75, 3.05) is 0 Å². The average Bonchev–Trinajstić information content (AvgIpc) is 2.03. The molecular formula is C9H7ClO3. The van der Waals surface area contributed by atoms with Gasteiger partial charge in [-0.3, -0.25) is 4.79 Å². The van der Waals surface area contributed by atoms with Gasteiger partial charge < -0.3 is 4.74 Å². The Morgan fingerprint density at radius 3 is 2.62 bits per heavy atom. The number of ketones is 1. The Morgan fingerprint density at radius 1 is 1.38 bits per heavy atom. The SMILES string of the molecule is CC(=O)c1cccc(OC(=O)Cl)c1. The molecule has 0 aliphatic carbocycles. The molecule has 13 heavy (non-hydrogen) atoms. The maximum absolute atomic E-state index is 10.9. The number of hydrogen-bond acceptors (Lipinski definition) is 3. The van der Waals surface area contributed by atoms with Crippen LogP contribution in [0.2, 0.25) is 0 Å². The Bertz CT molecular complexity index is 346. The van der Waals surface area contributed by atoms with Crippen molar-refractivity contribution in [3.8, 4) is 5.75 Å². The quantitative estimate of drug-likeness (QED) is 0.542. The van der Waals surface area contributed by atoms with Gasteiger partial charge in [-0.2, -0.15) is 0 Å². The third-order valence-electron chi connectivity index (χ3n) is 1.44. The van der Waals surface area contributed by atoms with Gasteiger partial charge in [0.1, 0.15) is 5.75 Å². The van der Waals surface area contributed by atoms with Crippen LogP contribution in [0.5, 0.6) is 5.75 Å². The first-order chi connectivity index (χ1) is 6.09. The molecule has 1 aromatic carbocycles. The Balaban J connectivity index is 2.91. The summed E-state index contributed by atoms with van der Waals surface area (Å²) in [5.41, 5.74) is -0.434. The van der Waals surface area contributed by atoms with Gasteiger partial charge >= 0.3 is 5.43 Å². The largest absolute Gasteiger partial charge is 0.414 e. The second-order valence-corrected chi connectivity index (χ2v) is 2.73. The zero-order valence-corrected chi connectivity index (χ0v) is 7.67. The van der Waals surface area contributed by atoms with Crippen LogP contribution in [0.25, 0.3) is 0 Å². The Morgan fingerprint density at radius 2 is 2.08 bits per heavy atom. The van der Waals surface area contributed by atoms with Gasteiger partial charge in [-0.25, -0.2) is 4.79 Å². The monoisotopic (exact) mass is 198 g/mol. The van der Waals surface area contributed by atoms with Crippen LogP contribution in [0.4, 0.5) is 4.79 Å². The topological polar surface area (TPSA) is 43.4 Å². The van der Waals surface area contributed by atoms with Gasteiger partial charge in [0, 0.05) is 17.2 Å². The molecule has 4 heteroatoms. The third kappa shape index (κ3) is 2.87. The highest BCUT2D eigenvalue weighted by Crippen LogP contribution is 2.14. The number of benzene rings is 1. The number of rotatable bonds is 2. The number of carbonyl (C=O) groups excluding carboxylic acids is 2. The van der Waals surface area contributed by atoms with Crippen molar-refractivity contribution >= 4 is 22.8 Å². The summed E-state index contributed by atoms with van der Waals surface area (Å²) in [6, 6.07) is 6.26. The smallest absolute Gasteiger partial charge is 0.409 e. The van der Waals surface area contributed by atoms with Crippen molar-refractivity contribution in [1.29, 1.82) is 0 Å². The first-order valence-electron chi connectivity index (χ1n) is 3.58. The molecule has 3 nitrogen and oxygen atoms in total. The number of Topliss-reactive ketones (excluding diaryl/α,β-unsaturated/α-hetero) is 1. The van der Waals surface area contributed by atoms with E-state index in [1.807, 2.05) is 0 Å².